The fraction of sp³-hybridized carbons (Fsp3) is 0.333. The summed E-state index contributed by atoms with van der Waals surface area (Å²) in [6.45, 7) is 3.80. The topological polar surface area (TPSA) is 97.7 Å². The fourth-order valence-corrected chi connectivity index (χ4v) is 5.65. The lowest BCUT2D eigenvalue weighted by atomic mass is 10.3. The number of aromatic nitrogens is 1. The molecule has 0 radical (unpaired) electrons. The molecule has 31 heavy (non-hydrogen) atoms. The highest BCUT2D eigenvalue weighted by molar-refractivity contribution is 7.92. The van der Waals surface area contributed by atoms with Gasteiger partial charge in [-0.3, -0.25) is 18.9 Å². The van der Waals surface area contributed by atoms with Crippen molar-refractivity contribution in [3.8, 4) is 5.75 Å². The van der Waals surface area contributed by atoms with Gasteiger partial charge in [0.1, 0.15) is 12.3 Å². The summed E-state index contributed by atoms with van der Waals surface area (Å²) in [5.41, 5.74) is 0.966. The molecule has 1 N–H and O–H groups in total. The maximum atomic E-state index is 12.8. The fourth-order valence-electron chi connectivity index (χ4n) is 3.57. The van der Waals surface area contributed by atoms with Gasteiger partial charge >= 0.3 is 4.87 Å². The molecule has 1 fully saturated rings. The zero-order chi connectivity index (χ0) is 22.0. The summed E-state index contributed by atoms with van der Waals surface area (Å²) in [6.07, 6.45) is 1.96. The number of carbonyl (C=O) groups excluding carboxylic acids is 1. The number of nitrogens with zero attached hydrogens (tertiary/aromatic N) is 2. The van der Waals surface area contributed by atoms with Crippen LogP contribution in [0.2, 0.25) is 0 Å². The van der Waals surface area contributed by atoms with E-state index < -0.39 is 10.0 Å². The number of thiazole rings is 1. The van der Waals surface area contributed by atoms with E-state index in [0.29, 0.717) is 28.3 Å². The summed E-state index contributed by atoms with van der Waals surface area (Å²) in [6, 6.07) is 11.1. The van der Waals surface area contributed by atoms with Crippen LogP contribution in [0.15, 0.2) is 52.2 Å². The Balaban J connectivity index is 1.57. The number of carbonyl (C=O) groups is 1. The van der Waals surface area contributed by atoms with Crippen LogP contribution in [0.3, 0.4) is 0 Å². The number of hydrogen-bond acceptors (Lipinski definition) is 6. The smallest absolute Gasteiger partial charge is 0.308 e. The van der Waals surface area contributed by atoms with Gasteiger partial charge in [0.2, 0.25) is 5.91 Å². The van der Waals surface area contributed by atoms with E-state index in [4.69, 9.17) is 4.74 Å². The highest BCUT2D eigenvalue weighted by atomic mass is 32.2. The summed E-state index contributed by atoms with van der Waals surface area (Å²) in [4.78, 5) is 26.4. The van der Waals surface area contributed by atoms with Gasteiger partial charge in [0.15, 0.2) is 0 Å². The molecule has 4 rings (SSSR count). The van der Waals surface area contributed by atoms with Gasteiger partial charge in [-0.15, -0.1) is 0 Å². The summed E-state index contributed by atoms with van der Waals surface area (Å²) in [5, 5.41) is 0. The molecule has 0 unspecified atom stereocenters. The molecule has 1 amide bonds. The molecule has 2 aromatic carbocycles. The Morgan fingerprint density at radius 3 is 2.52 bits per heavy atom. The molecule has 0 bridgehead atoms. The molecule has 1 aromatic heterocycles. The van der Waals surface area contributed by atoms with Crippen molar-refractivity contribution in [1.29, 1.82) is 0 Å². The Morgan fingerprint density at radius 1 is 1.13 bits per heavy atom. The first kappa shape index (κ1) is 21.4. The predicted octanol–water partition coefficient (Wildman–Crippen LogP) is 2.88. The van der Waals surface area contributed by atoms with E-state index in [1.807, 2.05) is 6.92 Å². The van der Waals surface area contributed by atoms with E-state index in [1.54, 1.807) is 35.2 Å². The summed E-state index contributed by atoms with van der Waals surface area (Å²) in [5.74, 6) is 0.564. The van der Waals surface area contributed by atoms with Gasteiger partial charge in [-0.1, -0.05) is 11.3 Å². The van der Waals surface area contributed by atoms with E-state index in [-0.39, 0.29) is 22.2 Å². The molecule has 1 saturated heterocycles. The molecular formula is C21H23N3O5S2. The zero-order valence-corrected chi connectivity index (χ0v) is 18.7. The second-order valence-electron chi connectivity index (χ2n) is 7.23. The number of fused-ring (bicyclic) bond motifs is 1. The quantitative estimate of drug-likeness (QED) is 0.584. The lowest BCUT2D eigenvalue weighted by molar-refractivity contribution is -0.130. The van der Waals surface area contributed by atoms with Crippen LogP contribution in [0.5, 0.6) is 5.75 Å². The van der Waals surface area contributed by atoms with Gasteiger partial charge in [-0.25, -0.2) is 8.42 Å². The highest BCUT2D eigenvalue weighted by Crippen LogP contribution is 2.25. The summed E-state index contributed by atoms with van der Waals surface area (Å²) in [7, 11) is -3.84. The predicted molar refractivity (Wildman–Crippen MR) is 120 cm³/mol. The Morgan fingerprint density at radius 2 is 1.84 bits per heavy atom. The minimum atomic E-state index is -3.84. The number of benzene rings is 2. The molecule has 2 heterocycles. The van der Waals surface area contributed by atoms with Crippen LogP contribution in [-0.2, 0) is 21.4 Å². The molecule has 0 spiro atoms. The molecule has 0 aliphatic carbocycles. The summed E-state index contributed by atoms with van der Waals surface area (Å²) >= 11 is 0.935. The van der Waals surface area contributed by atoms with Crippen molar-refractivity contribution in [3.63, 3.8) is 0 Å². The minimum Gasteiger partial charge on any atom is -0.494 e. The van der Waals surface area contributed by atoms with Gasteiger partial charge in [0.05, 0.1) is 21.7 Å². The van der Waals surface area contributed by atoms with Crippen LogP contribution >= 0.6 is 11.3 Å². The average Bonchev–Trinajstić information content (AvgIpc) is 3.38. The second kappa shape index (κ2) is 8.72. The van der Waals surface area contributed by atoms with Crippen molar-refractivity contribution in [3.05, 3.63) is 52.1 Å². The first-order valence-electron chi connectivity index (χ1n) is 10.0. The lowest BCUT2D eigenvalue weighted by Gasteiger charge is -2.15. The Labute approximate surface area is 184 Å². The maximum Gasteiger partial charge on any atom is 0.308 e. The third-order valence-electron chi connectivity index (χ3n) is 5.12. The van der Waals surface area contributed by atoms with E-state index in [9.17, 15) is 18.0 Å². The van der Waals surface area contributed by atoms with E-state index in [1.165, 1.54) is 16.7 Å². The molecular weight excluding hydrogens is 438 g/mol. The van der Waals surface area contributed by atoms with Crippen LogP contribution < -0.4 is 14.3 Å². The molecule has 164 valence electrons. The standard InChI is InChI=1S/C21H23N3O5S2/c1-2-29-16-7-5-15(6-8-16)22-31(27,28)17-9-10-18-19(13-17)30-21(26)24(18)14-20(25)23-11-3-4-12-23/h5-10,13,22H,2-4,11-12,14H2,1H3. The third kappa shape index (κ3) is 4.59. The van der Waals surface area contributed by atoms with Crippen LogP contribution in [-0.4, -0.2) is 43.5 Å². The van der Waals surface area contributed by atoms with Crippen molar-refractivity contribution >= 4 is 43.2 Å². The normalized spacial score (nSPS) is 14.2. The number of anilines is 1. The van der Waals surface area contributed by atoms with Gasteiger partial charge in [0.25, 0.3) is 10.0 Å². The lowest BCUT2D eigenvalue weighted by Crippen LogP contribution is -2.33. The first-order chi connectivity index (χ1) is 14.9. The zero-order valence-electron chi connectivity index (χ0n) is 17.0. The first-order valence-corrected chi connectivity index (χ1v) is 12.3. The highest BCUT2D eigenvalue weighted by Gasteiger charge is 2.21. The van der Waals surface area contributed by atoms with Crippen LogP contribution in [0.4, 0.5) is 5.69 Å². The second-order valence-corrected chi connectivity index (χ2v) is 9.91. The molecule has 0 atom stereocenters. The molecule has 8 nitrogen and oxygen atoms in total. The van der Waals surface area contributed by atoms with Gasteiger partial charge in [0, 0.05) is 18.8 Å². The monoisotopic (exact) mass is 461 g/mol. The van der Waals surface area contributed by atoms with Crippen molar-refractivity contribution in [2.24, 2.45) is 0 Å². The molecule has 10 heteroatoms. The number of amides is 1. The molecule has 0 saturated carbocycles. The molecule has 3 aromatic rings. The van der Waals surface area contributed by atoms with Crippen LogP contribution in [0, 0.1) is 0 Å². The largest absolute Gasteiger partial charge is 0.494 e. The van der Waals surface area contributed by atoms with Gasteiger partial charge in [-0.2, -0.15) is 0 Å². The molecule has 1 aliphatic heterocycles. The number of ether oxygens (including phenoxy) is 1. The van der Waals surface area contributed by atoms with Crippen LogP contribution in [0.25, 0.3) is 10.2 Å². The van der Waals surface area contributed by atoms with E-state index in [2.05, 4.69) is 4.72 Å². The average molecular weight is 462 g/mol. The number of sulfonamides is 1. The van der Waals surface area contributed by atoms with Crippen molar-refractivity contribution in [1.82, 2.24) is 9.47 Å². The third-order valence-corrected chi connectivity index (χ3v) is 7.44. The number of rotatable bonds is 7. The van der Waals surface area contributed by atoms with Crippen molar-refractivity contribution in [2.45, 2.75) is 31.2 Å². The van der Waals surface area contributed by atoms with Crippen molar-refractivity contribution < 1.29 is 17.9 Å². The number of hydrogen-bond donors (Lipinski definition) is 1. The number of nitrogens with one attached hydrogen (secondary N) is 1. The SMILES string of the molecule is CCOc1ccc(NS(=O)(=O)c2ccc3c(c2)sc(=O)n3CC(=O)N2CCCC2)cc1. The number of likely N-dealkylation sites (tertiary alicyclic amines) is 1. The van der Waals surface area contributed by atoms with Crippen molar-refractivity contribution in [2.75, 3.05) is 24.4 Å². The van der Waals surface area contributed by atoms with E-state index >= 15 is 0 Å². The van der Waals surface area contributed by atoms with Gasteiger partial charge < -0.3 is 9.64 Å². The van der Waals surface area contributed by atoms with Gasteiger partial charge in [-0.05, 0) is 62.2 Å². The minimum absolute atomic E-state index is 0.0324. The Kier molecular flexibility index (Phi) is 6.01. The Bertz CT molecular complexity index is 1260. The summed E-state index contributed by atoms with van der Waals surface area (Å²) < 4.78 is 35.5. The molecule has 1 aliphatic rings. The van der Waals surface area contributed by atoms with E-state index in [0.717, 1.165) is 37.3 Å². The maximum absolute atomic E-state index is 12.8. The van der Waals surface area contributed by atoms with Crippen LogP contribution in [0.1, 0.15) is 19.8 Å². The Hall–Kier alpha value is -2.85.